The number of nitrogens with zero attached hydrogens (tertiary/aromatic N) is 1. The molecule has 3 nitrogen and oxygen atoms in total. The van der Waals surface area contributed by atoms with Crippen LogP contribution in [0.2, 0.25) is 5.02 Å². The van der Waals surface area contributed by atoms with Crippen molar-refractivity contribution in [3.63, 3.8) is 0 Å². The van der Waals surface area contributed by atoms with Gasteiger partial charge < -0.3 is 5.11 Å². The summed E-state index contributed by atoms with van der Waals surface area (Å²) in [6.07, 6.45) is 1.60. The first kappa shape index (κ1) is 14.8. The lowest BCUT2D eigenvalue weighted by atomic mass is 10.1. The van der Waals surface area contributed by atoms with Gasteiger partial charge in [-0.2, -0.15) is 0 Å². The zero-order chi connectivity index (χ0) is 14.5. The van der Waals surface area contributed by atoms with Crippen LogP contribution in [0.5, 0.6) is 0 Å². The van der Waals surface area contributed by atoms with E-state index < -0.39 is 17.0 Å². The van der Waals surface area contributed by atoms with Gasteiger partial charge in [0, 0.05) is 6.20 Å². The Morgan fingerprint density at radius 1 is 1.40 bits per heavy atom. The summed E-state index contributed by atoms with van der Waals surface area (Å²) in [6.45, 7) is 0. The first-order valence-electron chi connectivity index (χ1n) is 5.80. The molecule has 104 valence electrons. The highest BCUT2D eigenvalue weighted by Crippen LogP contribution is 2.28. The van der Waals surface area contributed by atoms with Gasteiger partial charge in [-0.1, -0.05) is 53.7 Å². The molecule has 1 N–H and O–H groups in total. The molecule has 1 atom stereocenters. The molecular formula is C14H11ClFNO2S. The van der Waals surface area contributed by atoms with Gasteiger partial charge in [0.05, 0.1) is 5.02 Å². The molecule has 20 heavy (non-hydrogen) atoms. The Morgan fingerprint density at radius 3 is 2.70 bits per heavy atom. The third-order valence-corrected chi connectivity index (χ3v) is 3.95. The summed E-state index contributed by atoms with van der Waals surface area (Å²) in [5.41, 5.74) is 0.877. The molecule has 0 saturated carbocycles. The molecule has 0 radical (unpaired) electrons. The molecule has 0 saturated heterocycles. The fraction of sp³-hybridized carbons (Fsp3) is 0.143. The number of carboxylic acid groups (broad SMARTS) is 1. The summed E-state index contributed by atoms with van der Waals surface area (Å²) in [7, 11) is 0. The highest BCUT2D eigenvalue weighted by Gasteiger charge is 2.22. The van der Waals surface area contributed by atoms with Gasteiger partial charge in [0.1, 0.15) is 10.3 Å². The molecule has 1 aromatic heterocycles. The minimum absolute atomic E-state index is 0.0396. The molecule has 0 spiro atoms. The SMILES string of the molecule is O=C(O)C(Cc1ccccc1)Sc1ncc(Cl)cc1F. The van der Waals surface area contributed by atoms with Crippen LogP contribution in [0.25, 0.3) is 0 Å². The first-order valence-corrected chi connectivity index (χ1v) is 7.06. The lowest BCUT2D eigenvalue weighted by molar-refractivity contribution is -0.136. The second-order valence-electron chi connectivity index (χ2n) is 4.07. The fourth-order valence-electron chi connectivity index (χ4n) is 1.63. The van der Waals surface area contributed by atoms with Crippen molar-refractivity contribution in [2.24, 2.45) is 0 Å². The monoisotopic (exact) mass is 311 g/mol. The van der Waals surface area contributed by atoms with Gasteiger partial charge in [-0.15, -0.1) is 0 Å². The average Bonchev–Trinajstić information content (AvgIpc) is 2.42. The predicted molar refractivity (Wildman–Crippen MR) is 76.6 cm³/mol. The molecule has 0 aliphatic rings. The van der Waals surface area contributed by atoms with E-state index in [4.69, 9.17) is 11.6 Å². The Balaban J connectivity index is 2.15. The average molecular weight is 312 g/mol. The highest BCUT2D eigenvalue weighted by atomic mass is 35.5. The number of benzene rings is 1. The van der Waals surface area contributed by atoms with Crippen LogP contribution < -0.4 is 0 Å². The van der Waals surface area contributed by atoms with Crippen LogP contribution in [0.15, 0.2) is 47.6 Å². The van der Waals surface area contributed by atoms with Gasteiger partial charge in [0.15, 0.2) is 5.82 Å². The van der Waals surface area contributed by atoms with Crippen LogP contribution in [0, 0.1) is 5.82 Å². The van der Waals surface area contributed by atoms with Crippen molar-refractivity contribution in [1.82, 2.24) is 4.98 Å². The molecular weight excluding hydrogens is 301 g/mol. The highest BCUT2D eigenvalue weighted by molar-refractivity contribution is 8.00. The second kappa shape index (κ2) is 6.72. The Bertz CT molecular complexity index is 609. The molecule has 2 aromatic rings. The van der Waals surface area contributed by atoms with E-state index in [0.29, 0.717) is 6.42 Å². The quantitative estimate of drug-likeness (QED) is 0.856. The number of halogens is 2. The molecule has 0 aliphatic carbocycles. The number of carboxylic acids is 1. The Kier molecular flexibility index (Phi) is 4.98. The Morgan fingerprint density at radius 2 is 2.10 bits per heavy atom. The molecule has 6 heteroatoms. The zero-order valence-corrected chi connectivity index (χ0v) is 11.9. The summed E-state index contributed by atoms with van der Waals surface area (Å²) in [5, 5.41) is 8.66. The maximum atomic E-state index is 13.7. The van der Waals surface area contributed by atoms with Crippen molar-refractivity contribution in [3.8, 4) is 0 Å². The molecule has 0 fully saturated rings. The maximum Gasteiger partial charge on any atom is 0.317 e. The van der Waals surface area contributed by atoms with E-state index in [1.165, 1.54) is 6.20 Å². The number of aliphatic carboxylic acids is 1. The smallest absolute Gasteiger partial charge is 0.317 e. The number of pyridine rings is 1. The maximum absolute atomic E-state index is 13.7. The van der Waals surface area contributed by atoms with Crippen molar-refractivity contribution in [1.29, 1.82) is 0 Å². The third-order valence-electron chi connectivity index (χ3n) is 2.57. The number of rotatable bonds is 5. The Labute approximate surface area is 124 Å². The van der Waals surface area contributed by atoms with Gasteiger partial charge >= 0.3 is 5.97 Å². The minimum atomic E-state index is -1.00. The van der Waals surface area contributed by atoms with Gasteiger partial charge in [0.2, 0.25) is 0 Å². The normalized spacial score (nSPS) is 12.1. The molecule has 0 aliphatic heterocycles. The minimum Gasteiger partial charge on any atom is -0.480 e. The van der Waals surface area contributed by atoms with E-state index in [-0.39, 0.29) is 10.0 Å². The van der Waals surface area contributed by atoms with E-state index in [0.717, 1.165) is 23.4 Å². The van der Waals surface area contributed by atoms with Crippen molar-refractivity contribution >= 4 is 29.3 Å². The molecule has 1 heterocycles. The van der Waals surface area contributed by atoms with Crippen LogP contribution in [0.4, 0.5) is 4.39 Å². The predicted octanol–water partition coefficient (Wildman–Crippen LogP) is 3.66. The summed E-state index contributed by atoms with van der Waals surface area (Å²) in [4.78, 5) is 15.1. The van der Waals surface area contributed by atoms with Crippen molar-refractivity contribution in [3.05, 3.63) is 59.0 Å². The lowest BCUT2D eigenvalue weighted by Crippen LogP contribution is -2.19. The summed E-state index contributed by atoms with van der Waals surface area (Å²) < 4.78 is 13.7. The Hall–Kier alpha value is -1.59. The number of carbonyl (C=O) groups is 1. The molecule has 2 rings (SSSR count). The van der Waals surface area contributed by atoms with E-state index in [2.05, 4.69) is 4.98 Å². The van der Waals surface area contributed by atoms with E-state index >= 15 is 0 Å². The number of hydrogen-bond acceptors (Lipinski definition) is 3. The van der Waals surface area contributed by atoms with E-state index in [9.17, 15) is 14.3 Å². The van der Waals surface area contributed by atoms with Crippen molar-refractivity contribution in [2.45, 2.75) is 16.7 Å². The standard InChI is InChI=1S/C14H11ClFNO2S/c15-10-7-11(16)13(17-8-10)20-12(14(18)19)6-9-4-2-1-3-5-9/h1-5,7-8,12H,6H2,(H,18,19). The van der Waals surface area contributed by atoms with Crippen LogP contribution in [0.1, 0.15) is 5.56 Å². The van der Waals surface area contributed by atoms with Crippen LogP contribution in [0.3, 0.4) is 0 Å². The van der Waals surface area contributed by atoms with E-state index in [1.807, 2.05) is 30.3 Å². The van der Waals surface area contributed by atoms with Crippen LogP contribution >= 0.6 is 23.4 Å². The zero-order valence-electron chi connectivity index (χ0n) is 10.3. The number of aromatic nitrogens is 1. The summed E-state index contributed by atoms with van der Waals surface area (Å²) in [6, 6.07) is 10.3. The number of thioether (sulfide) groups is 1. The van der Waals surface area contributed by atoms with Crippen LogP contribution in [-0.4, -0.2) is 21.3 Å². The van der Waals surface area contributed by atoms with E-state index in [1.54, 1.807) is 0 Å². The molecule has 1 unspecified atom stereocenters. The molecule has 1 aromatic carbocycles. The largest absolute Gasteiger partial charge is 0.480 e. The van der Waals surface area contributed by atoms with Crippen LogP contribution in [-0.2, 0) is 11.2 Å². The fourth-order valence-corrected chi connectivity index (χ4v) is 2.71. The molecule has 0 amide bonds. The topological polar surface area (TPSA) is 50.2 Å². The van der Waals surface area contributed by atoms with Gasteiger partial charge in [-0.05, 0) is 18.1 Å². The van der Waals surface area contributed by atoms with Crippen molar-refractivity contribution < 1.29 is 14.3 Å². The third kappa shape index (κ3) is 3.95. The van der Waals surface area contributed by atoms with Gasteiger partial charge in [0.25, 0.3) is 0 Å². The van der Waals surface area contributed by atoms with Gasteiger partial charge in [-0.25, -0.2) is 9.37 Å². The first-order chi connectivity index (χ1) is 9.56. The van der Waals surface area contributed by atoms with Crippen molar-refractivity contribution in [2.75, 3.05) is 0 Å². The summed E-state index contributed by atoms with van der Waals surface area (Å²) >= 11 is 6.50. The van der Waals surface area contributed by atoms with Gasteiger partial charge in [-0.3, -0.25) is 4.79 Å². The second-order valence-corrected chi connectivity index (χ2v) is 5.70. The molecule has 0 bridgehead atoms. The summed E-state index contributed by atoms with van der Waals surface area (Å²) in [5.74, 6) is -1.61. The number of hydrogen-bond donors (Lipinski definition) is 1. The lowest BCUT2D eigenvalue weighted by Gasteiger charge is -2.12.